The number of carbonyl (C=O) groups is 3. The summed E-state index contributed by atoms with van der Waals surface area (Å²) < 4.78 is 15.6. The molecule has 1 amide bonds. The first-order valence-corrected chi connectivity index (χ1v) is 12.3. The lowest BCUT2D eigenvalue weighted by Crippen LogP contribution is -2.31. The number of carbonyl (C=O) groups excluding carboxylic acids is 3. The fraction of sp³-hybridized carbons (Fsp3) is 0.292. The Morgan fingerprint density at radius 2 is 1.64 bits per heavy atom. The molecule has 4 rings (SSSR count). The van der Waals surface area contributed by atoms with Gasteiger partial charge < -0.3 is 19.3 Å². The van der Waals surface area contributed by atoms with Gasteiger partial charge in [0.25, 0.3) is 5.91 Å². The highest BCUT2D eigenvalue weighted by Crippen LogP contribution is 2.46. The molecule has 0 fully saturated rings. The number of benzene rings is 1. The van der Waals surface area contributed by atoms with E-state index in [0.29, 0.717) is 38.3 Å². The van der Waals surface area contributed by atoms with Crippen molar-refractivity contribution in [2.24, 2.45) is 0 Å². The molecule has 0 bridgehead atoms. The number of Topliss-reactive ketones (excluding diaryl/α,β-unsaturated/α-hetero) is 1. The number of nitrogens with zero attached hydrogens (tertiary/aromatic N) is 3. The zero-order valence-corrected chi connectivity index (χ0v) is 22.0. The van der Waals surface area contributed by atoms with E-state index < -0.39 is 29.5 Å². The van der Waals surface area contributed by atoms with Crippen LogP contribution >= 0.6 is 22.7 Å². The molecule has 1 N–H and O–H groups in total. The van der Waals surface area contributed by atoms with Crippen LogP contribution < -0.4 is 14.4 Å². The second-order valence-electron chi connectivity index (χ2n) is 7.83. The van der Waals surface area contributed by atoms with E-state index in [2.05, 4.69) is 9.97 Å². The van der Waals surface area contributed by atoms with Gasteiger partial charge in [0.2, 0.25) is 5.78 Å². The van der Waals surface area contributed by atoms with Gasteiger partial charge in [0, 0.05) is 0 Å². The summed E-state index contributed by atoms with van der Waals surface area (Å²) in [6.45, 7) is 5.08. The highest BCUT2D eigenvalue weighted by molar-refractivity contribution is 7.17. The van der Waals surface area contributed by atoms with Crippen LogP contribution in [0.4, 0.5) is 5.13 Å². The number of methoxy groups -OCH3 is 3. The van der Waals surface area contributed by atoms with Gasteiger partial charge in [0.15, 0.2) is 22.4 Å². The van der Waals surface area contributed by atoms with Crippen molar-refractivity contribution in [3.63, 3.8) is 0 Å². The molecule has 3 aromatic rings. The first-order chi connectivity index (χ1) is 17.1. The van der Waals surface area contributed by atoms with Crippen molar-refractivity contribution in [1.82, 2.24) is 9.97 Å². The second kappa shape index (κ2) is 9.70. The molecular formula is C24H23N3O7S2. The molecule has 1 atom stereocenters. The standard InChI is InChI=1S/C24H23N3O7S2/c1-10-20(35-12(3)25-10)18(28)16-17(13-7-8-14(32-4)15(9-13)33-5)27(22(30)19(16)29)24-26-11(2)21(36-24)23(31)34-6/h7-9,17,29H,1-6H3. The second-order valence-corrected chi connectivity index (χ2v) is 10.0. The molecule has 0 radical (unpaired) electrons. The van der Waals surface area contributed by atoms with Gasteiger partial charge in [-0.1, -0.05) is 17.4 Å². The quantitative estimate of drug-likeness (QED) is 0.355. The zero-order valence-electron chi connectivity index (χ0n) is 20.4. The van der Waals surface area contributed by atoms with Gasteiger partial charge in [-0.25, -0.2) is 14.8 Å². The Morgan fingerprint density at radius 1 is 0.972 bits per heavy atom. The van der Waals surface area contributed by atoms with Crippen LogP contribution in [0, 0.1) is 20.8 Å². The highest BCUT2D eigenvalue weighted by atomic mass is 32.1. The van der Waals surface area contributed by atoms with E-state index in [1.165, 1.54) is 37.6 Å². The summed E-state index contributed by atoms with van der Waals surface area (Å²) in [5.74, 6) is -1.82. The molecule has 3 heterocycles. The number of hydrogen-bond acceptors (Lipinski definition) is 11. The molecule has 1 aromatic carbocycles. The number of anilines is 1. The number of ketones is 1. The molecule has 12 heteroatoms. The lowest BCUT2D eigenvalue weighted by Gasteiger charge is -2.25. The summed E-state index contributed by atoms with van der Waals surface area (Å²) in [7, 11) is 4.21. The third-order valence-corrected chi connectivity index (χ3v) is 7.86. The van der Waals surface area contributed by atoms with Crippen LogP contribution in [0.25, 0.3) is 0 Å². The van der Waals surface area contributed by atoms with Crippen molar-refractivity contribution in [3.8, 4) is 11.5 Å². The largest absolute Gasteiger partial charge is 0.503 e. The Morgan fingerprint density at radius 3 is 2.22 bits per heavy atom. The maximum absolute atomic E-state index is 13.7. The minimum Gasteiger partial charge on any atom is -0.503 e. The molecule has 188 valence electrons. The molecule has 0 aliphatic carbocycles. The van der Waals surface area contributed by atoms with E-state index in [1.54, 1.807) is 39.0 Å². The monoisotopic (exact) mass is 529 g/mol. The Hall–Kier alpha value is -3.77. The number of hydrogen-bond donors (Lipinski definition) is 1. The Kier molecular flexibility index (Phi) is 6.83. The van der Waals surface area contributed by atoms with Gasteiger partial charge in [0.1, 0.15) is 4.88 Å². The molecule has 36 heavy (non-hydrogen) atoms. The Bertz CT molecular complexity index is 1420. The summed E-state index contributed by atoms with van der Waals surface area (Å²) in [4.78, 5) is 49.8. The van der Waals surface area contributed by atoms with Gasteiger partial charge in [-0.2, -0.15) is 0 Å². The summed E-state index contributed by atoms with van der Waals surface area (Å²) >= 11 is 2.11. The number of aliphatic hydroxyl groups is 1. The van der Waals surface area contributed by atoms with Crippen LogP contribution in [-0.2, 0) is 9.53 Å². The van der Waals surface area contributed by atoms with E-state index in [-0.39, 0.29) is 15.6 Å². The molecular weight excluding hydrogens is 506 g/mol. The fourth-order valence-electron chi connectivity index (χ4n) is 4.00. The van der Waals surface area contributed by atoms with Gasteiger partial charge in [0.05, 0.1) is 54.2 Å². The smallest absolute Gasteiger partial charge is 0.350 e. The number of aliphatic hydroxyl groups excluding tert-OH is 1. The molecule has 0 saturated heterocycles. The van der Waals surface area contributed by atoms with Gasteiger partial charge in [-0.15, -0.1) is 11.3 Å². The number of aromatic nitrogens is 2. The topological polar surface area (TPSA) is 128 Å². The van der Waals surface area contributed by atoms with E-state index >= 15 is 0 Å². The Balaban J connectivity index is 1.93. The highest BCUT2D eigenvalue weighted by Gasteiger charge is 2.47. The molecule has 10 nitrogen and oxygen atoms in total. The van der Waals surface area contributed by atoms with Gasteiger partial charge in [-0.3, -0.25) is 14.5 Å². The van der Waals surface area contributed by atoms with Crippen molar-refractivity contribution in [2.75, 3.05) is 26.2 Å². The summed E-state index contributed by atoms with van der Waals surface area (Å²) in [6.07, 6.45) is 0. The molecule has 1 aliphatic rings. The summed E-state index contributed by atoms with van der Waals surface area (Å²) in [6, 6.07) is 3.89. The van der Waals surface area contributed by atoms with Crippen LogP contribution in [0.15, 0.2) is 29.5 Å². The third kappa shape index (κ3) is 4.11. The number of thiazole rings is 2. The van der Waals surface area contributed by atoms with Crippen molar-refractivity contribution in [1.29, 1.82) is 0 Å². The van der Waals surface area contributed by atoms with E-state index in [4.69, 9.17) is 14.2 Å². The first kappa shape index (κ1) is 25.3. The summed E-state index contributed by atoms with van der Waals surface area (Å²) in [5.41, 5.74) is 1.21. The number of aryl methyl sites for hydroxylation is 3. The van der Waals surface area contributed by atoms with Crippen LogP contribution in [-0.4, -0.2) is 54.1 Å². The predicted molar refractivity (Wildman–Crippen MR) is 134 cm³/mol. The van der Waals surface area contributed by atoms with Crippen LogP contribution in [0.5, 0.6) is 11.5 Å². The number of esters is 1. The maximum Gasteiger partial charge on any atom is 0.350 e. The predicted octanol–water partition coefficient (Wildman–Crippen LogP) is 4.11. The Labute approximate surface area is 214 Å². The SMILES string of the molecule is COC(=O)c1sc(N2C(=O)C(O)=C(C(=O)c3sc(C)nc3C)C2c2ccc(OC)c(OC)c2)nc1C. The zero-order chi connectivity index (χ0) is 26.3. The van der Waals surface area contributed by atoms with Crippen molar-refractivity contribution in [3.05, 3.63) is 61.2 Å². The van der Waals surface area contributed by atoms with Crippen LogP contribution in [0.3, 0.4) is 0 Å². The normalized spacial score (nSPS) is 15.4. The minimum absolute atomic E-state index is 0.119. The molecule has 0 spiro atoms. The van der Waals surface area contributed by atoms with Crippen molar-refractivity contribution >= 4 is 45.5 Å². The maximum atomic E-state index is 13.7. The fourth-order valence-corrected chi connectivity index (χ4v) is 5.89. The number of ether oxygens (including phenoxy) is 3. The molecule has 2 aromatic heterocycles. The molecule has 1 unspecified atom stereocenters. The first-order valence-electron chi connectivity index (χ1n) is 10.7. The summed E-state index contributed by atoms with van der Waals surface area (Å²) in [5, 5.41) is 11.8. The average Bonchev–Trinajstić information content (AvgIpc) is 3.50. The number of rotatable bonds is 7. The van der Waals surface area contributed by atoms with Crippen molar-refractivity contribution < 1.29 is 33.7 Å². The van der Waals surface area contributed by atoms with Gasteiger partial charge in [-0.05, 0) is 38.5 Å². The third-order valence-electron chi connectivity index (χ3n) is 5.65. The molecule has 0 saturated carbocycles. The number of amides is 1. The average molecular weight is 530 g/mol. The van der Waals surface area contributed by atoms with Crippen LogP contribution in [0.2, 0.25) is 0 Å². The van der Waals surface area contributed by atoms with E-state index in [1.807, 2.05) is 0 Å². The van der Waals surface area contributed by atoms with E-state index in [9.17, 15) is 19.5 Å². The van der Waals surface area contributed by atoms with Gasteiger partial charge >= 0.3 is 5.97 Å². The van der Waals surface area contributed by atoms with Crippen LogP contribution in [0.1, 0.15) is 47.3 Å². The molecule has 1 aliphatic heterocycles. The lowest BCUT2D eigenvalue weighted by atomic mass is 9.95. The minimum atomic E-state index is -1.05. The lowest BCUT2D eigenvalue weighted by molar-refractivity contribution is -0.117. The van der Waals surface area contributed by atoms with E-state index in [0.717, 1.165) is 11.3 Å². The van der Waals surface area contributed by atoms with Crippen molar-refractivity contribution in [2.45, 2.75) is 26.8 Å².